The number of hydrogen-bond acceptors (Lipinski definition) is 5. The van der Waals surface area contributed by atoms with Gasteiger partial charge >= 0.3 is 12.1 Å². The van der Waals surface area contributed by atoms with E-state index in [9.17, 15) is 5.11 Å². The van der Waals surface area contributed by atoms with E-state index in [1.807, 2.05) is 42.5 Å². The molecule has 1 fully saturated rings. The number of aliphatic hydroxyl groups is 1. The first-order valence-electron chi connectivity index (χ1n) is 6.89. The molecule has 0 bridgehead atoms. The molecule has 0 unspecified atom stereocenters. The molecule has 0 aromatic heterocycles. The van der Waals surface area contributed by atoms with Crippen LogP contribution in [0.1, 0.15) is 11.9 Å². The average molecular weight is 299 g/mol. The summed E-state index contributed by atoms with van der Waals surface area (Å²) in [6, 6.07) is 14.0. The van der Waals surface area contributed by atoms with Gasteiger partial charge in [0.05, 0.1) is 13.2 Å². The van der Waals surface area contributed by atoms with E-state index < -0.39 is 18.3 Å². The molecular formula is C16H15N2O4+. The Morgan fingerprint density at radius 2 is 1.91 bits per heavy atom. The van der Waals surface area contributed by atoms with Crippen molar-refractivity contribution in [3.63, 3.8) is 0 Å². The van der Waals surface area contributed by atoms with E-state index in [-0.39, 0.29) is 13.2 Å². The Kier molecular flexibility index (Phi) is 4.19. The minimum absolute atomic E-state index is 0.261. The minimum atomic E-state index is -0.483. The molecule has 0 spiro atoms. The fraction of sp³-hybridized carbons (Fsp3) is 0.250. The summed E-state index contributed by atoms with van der Waals surface area (Å²) in [7, 11) is 0. The van der Waals surface area contributed by atoms with Crippen molar-refractivity contribution in [2.75, 3.05) is 13.2 Å². The Labute approximate surface area is 127 Å². The normalized spacial score (nSPS) is 22.2. The number of benzene rings is 2. The molecule has 1 aliphatic heterocycles. The second kappa shape index (κ2) is 6.43. The van der Waals surface area contributed by atoms with Gasteiger partial charge in [-0.3, -0.25) is 0 Å². The largest absolute Gasteiger partial charge is 0.476 e. The first kappa shape index (κ1) is 14.3. The lowest BCUT2D eigenvalue weighted by molar-refractivity contribution is -0.228. The molecule has 2 aromatic carbocycles. The van der Waals surface area contributed by atoms with E-state index in [2.05, 4.69) is 4.98 Å². The van der Waals surface area contributed by atoms with Crippen molar-refractivity contribution in [1.29, 1.82) is 5.39 Å². The van der Waals surface area contributed by atoms with Gasteiger partial charge in [-0.1, -0.05) is 42.5 Å². The van der Waals surface area contributed by atoms with Crippen molar-refractivity contribution in [3.05, 3.63) is 65.1 Å². The van der Waals surface area contributed by atoms with E-state index in [1.54, 1.807) is 0 Å². The quantitative estimate of drug-likeness (QED) is 0.693. The summed E-state index contributed by atoms with van der Waals surface area (Å²) in [5.41, 5.74) is 0.960. The van der Waals surface area contributed by atoms with Crippen LogP contribution in [0.3, 0.4) is 0 Å². The van der Waals surface area contributed by atoms with E-state index in [1.165, 1.54) is 0 Å². The predicted octanol–water partition coefficient (Wildman–Crippen LogP) is 3.48. The third-order valence-corrected chi connectivity index (χ3v) is 3.40. The summed E-state index contributed by atoms with van der Waals surface area (Å²) in [5, 5.41) is 19.8. The van der Waals surface area contributed by atoms with Crippen LogP contribution in [0.5, 0.6) is 0 Å². The van der Waals surface area contributed by atoms with Crippen molar-refractivity contribution in [2.45, 2.75) is 12.4 Å². The number of rotatable bonds is 3. The zero-order valence-corrected chi connectivity index (χ0v) is 11.8. The minimum Gasteiger partial charge on any atom is -0.476 e. The van der Waals surface area contributed by atoms with E-state index >= 15 is 0 Å². The topological polar surface area (TPSA) is 76.1 Å². The molecule has 6 nitrogen and oxygen atoms in total. The van der Waals surface area contributed by atoms with E-state index in [4.69, 9.17) is 19.6 Å². The Morgan fingerprint density at radius 3 is 2.68 bits per heavy atom. The van der Waals surface area contributed by atoms with Crippen LogP contribution in [0.15, 0.2) is 54.6 Å². The lowest BCUT2D eigenvalue weighted by atomic mass is 10.0. The molecule has 3 rings (SSSR count). The summed E-state index contributed by atoms with van der Waals surface area (Å²) >= 11 is 0. The number of aliphatic hydroxyl groups excluding tert-OH is 1. The highest BCUT2D eigenvalue weighted by atomic mass is 16.7. The maximum atomic E-state index is 9.30. The lowest BCUT2D eigenvalue weighted by Crippen LogP contribution is -2.33. The summed E-state index contributed by atoms with van der Waals surface area (Å²) in [5.74, 6) is -0.483. The second-order valence-corrected chi connectivity index (χ2v) is 4.89. The highest BCUT2D eigenvalue weighted by Gasteiger charge is 2.26. The molecule has 0 aliphatic carbocycles. The number of fused-ring (bicyclic) bond motifs is 1. The number of diazo groups is 1. The molecule has 1 N–H and O–H groups in total. The zero-order chi connectivity index (χ0) is 15.4. The van der Waals surface area contributed by atoms with Crippen LogP contribution in [-0.2, 0) is 14.2 Å². The van der Waals surface area contributed by atoms with Crippen LogP contribution in [0, 0.1) is 5.39 Å². The molecule has 0 amide bonds. The summed E-state index contributed by atoms with van der Waals surface area (Å²) in [6.07, 6.45) is -0.125. The van der Waals surface area contributed by atoms with Crippen LogP contribution >= 0.6 is 0 Å². The SMILES string of the molecule is N#[N+]/C=C(/O)OC1COC(c2cccc3ccccc23)OC1. The Morgan fingerprint density at radius 1 is 1.18 bits per heavy atom. The number of ether oxygens (including phenoxy) is 3. The van der Waals surface area contributed by atoms with Gasteiger partial charge < -0.3 is 19.3 Å². The maximum absolute atomic E-state index is 9.30. The monoisotopic (exact) mass is 299 g/mol. The van der Waals surface area contributed by atoms with Gasteiger partial charge in [0.25, 0.3) is 0 Å². The van der Waals surface area contributed by atoms with Gasteiger partial charge in [0.1, 0.15) is 6.10 Å². The van der Waals surface area contributed by atoms with Crippen molar-refractivity contribution < 1.29 is 19.3 Å². The smallest absolute Gasteiger partial charge is 0.429 e. The molecule has 1 saturated heterocycles. The lowest BCUT2D eigenvalue weighted by Gasteiger charge is -2.29. The van der Waals surface area contributed by atoms with Gasteiger partial charge in [-0.2, -0.15) is 0 Å². The van der Waals surface area contributed by atoms with Gasteiger partial charge in [0.2, 0.25) is 5.39 Å². The van der Waals surface area contributed by atoms with Crippen LogP contribution in [0.2, 0.25) is 0 Å². The summed E-state index contributed by atoms with van der Waals surface area (Å²) < 4.78 is 16.5. The summed E-state index contributed by atoms with van der Waals surface area (Å²) in [6.45, 7) is 0.522. The van der Waals surface area contributed by atoms with Crippen LogP contribution < -0.4 is 0 Å². The van der Waals surface area contributed by atoms with Crippen LogP contribution in [0.4, 0.5) is 0 Å². The molecule has 0 radical (unpaired) electrons. The fourth-order valence-electron chi connectivity index (χ4n) is 2.44. The fourth-order valence-corrected chi connectivity index (χ4v) is 2.44. The molecule has 1 heterocycles. The maximum Gasteiger partial charge on any atom is 0.429 e. The first-order valence-corrected chi connectivity index (χ1v) is 6.89. The third-order valence-electron chi connectivity index (χ3n) is 3.40. The molecule has 0 atom stereocenters. The standard InChI is InChI=1S/C16H14N2O4/c17-18-8-15(19)22-12-9-20-16(21-10-12)14-7-3-5-11-4-1-2-6-13(11)14/h1-8,12,16H,9-10H2/p+1/b15-8-. The molecule has 0 saturated carbocycles. The van der Waals surface area contributed by atoms with E-state index in [0.717, 1.165) is 22.5 Å². The molecule has 2 aromatic rings. The number of hydrogen-bond donors (Lipinski definition) is 1. The highest BCUT2D eigenvalue weighted by molar-refractivity contribution is 5.85. The van der Waals surface area contributed by atoms with Gasteiger partial charge in [0.15, 0.2) is 11.3 Å². The van der Waals surface area contributed by atoms with Crippen LogP contribution in [0.25, 0.3) is 15.7 Å². The second-order valence-electron chi connectivity index (χ2n) is 4.89. The third kappa shape index (κ3) is 3.01. The Balaban J connectivity index is 1.71. The summed E-state index contributed by atoms with van der Waals surface area (Å²) in [4.78, 5) is 2.68. The van der Waals surface area contributed by atoms with Crippen molar-refractivity contribution >= 4 is 10.8 Å². The highest BCUT2D eigenvalue weighted by Crippen LogP contribution is 2.30. The van der Waals surface area contributed by atoms with E-state index in [0.29, 0.717) is 0 Å². The molecule has 22 heavy (non-hydrogen) atoms. The van der Waals surface area contributed by atoms with Crippen molar-refractivity contribution in [2.24, 2.45) is 0 Å². The average Bonchev–Trinajstić information content (AvgIpc) is 2.55. The van der Waals surface area contributed by atoms with Crippen molar-refractivity contribution in [1.82, 2.24) is 0 Å². The Bertz CT molecular complexity index is 725. The van der Waals surface area contributed by atoms with Gasteiger partial charge in [-0.25, -0.2) is 0 Å². The van der Waals surface area contributed by atoms with Crippen LogP contribution in [-0.4, -0.2) is 24.4 Å². The Hall–Kier alpha value is -2.62. The predicted molar refractivity (Wildman–Crippen MR) is 79.3 cm³/mol. The number of nitrogens with zero attached hydrogens (tertiary/aromatic N) is 2. The molecular weight excluding hydrogens is 284 g/mol. The molecule has 112 valence electrons. The van der Waals surface area contributed by atoms with Crippen molar-refractivity contribution in [3.8, 4) is 0 Å². The molecule has 6 heteroatoms. The van der Waals surface area contributed by atoms with Gasteiger partial charge in [-0.05, 0) is 10.8 Å². The van der Waals surface area contributed by atoms with Gasteiger partial charge in [-0.15, -0.1) is 0 Å². The molecule has 1 aliphatic rings. The zero-order valence-electron chi connectivity index (χ0n) is 11.8. The first-order chi connectivity index (χ1) is 10.8. The van der Waals surface area contributed by atoms with Gasteiger partial charge in [0, 0.05) is 5.56 Å².